The first-order chi connectivity index (χ1) is 10.2. The number of hydrogen-bond acceptors (Lipinski definition) is 2. The van der Waals surface area contributed by atoms with E-state index >= 15 is 0 Å². The fourth-order valence-corrected chi connectivity index (χ4v) is 3.34. The van der Waals surface area contributed by atoms with Gasteiger partial charge in [0.05, 0.1) is 0 Å². The molecule has 2 aromatic rings. The number of likely N-dealkylation sites (tertiary alicyclic amines) is 1. The third-order valence-corrected chi connectivity index (χ3v) is 4.70. The van der Waals surface area contributed by atoms with Gasteiger partial charge in [0.1, 0.15) is 5.69 Å². The molecule has 1 aliphatic rings. The van der Waals surface area contributed by atoms with E-state index in [-0.39, 0.29) is 11.9 Å². The fraction of sp³-hybridized carbons (Fsp3) is 0.471. The van der Waals surface area contributed by atoms with Gasteiger partial charge in [-0.05, 0) is 30.9 Å². The number of hydrogen-bond donors (Lipinski definition) is 2. The minimum Gasteiger partial charge on any atom is -0.351 e. The second kappa shape index (κ2) is 5.90. The largest absolute Gasteiger partial charge is 0.351 e. The summed E-state index contributed by atoms with van der Waals surface area (Å²) in [5.41, 5.74) is 7.58. The van der Waals surface area contributed by atoms with Crippen LogP contribution in [0, 0.1) is 5.92 Å². The SMILES string of the molecule is CCC1CCN(C(=O)c2cc3ccccc3[nH]2)C(CN)C1. The number of nitrogens with zero attached hydrogens (tertiary/aromatic N) is 1. The van der Waals surface area contributed by atoms with Gasteiger partial charge in [-0.2, -0.15) is 0 Å². The molecule has 3 rings (SSSR count). The Balaban J connectivity index is 1.83. The van der Waals surface area contributed by atoms with Crippen LogP contribution in [0.4, 0.5) is 0 Å². The third-order valence-electron chi connectivity index (χ3n) is 4.70. The highest BCUT2D eigenvalue weighted by Gasteiger charge is 2.31. The summed E-state index contributed by atoms with van der Waals surface area (Å²) >= 11 is 0. The Morgan fingerprint density at radius 1 is 1.43 bits per heavy atom. The topological polar surface area (TPSA) is 62.1 Å². The lowest BCUT2D eigenvalue weighted by Crippen LogP contribution is -2.49. The first kappa shape index (κ1) is 14.1. The Morgan fingerprint density at radius 3 is 2.95 bits per heavy atom. The molecule has 1 aromatic carbocycles. The van der Waals surface area contributed by atoms with Crippen LogP contribution in [0.15, 0.2) is 30.3 Å². The minimum atomic E-state index is 0.0798. The van der Waals surface area contributed by atoms with Gasteiger partial charge < -0.3 is 15.6 Å². The molecular formula is C17H23N3O. The van der Waals surface area contributed by atoms with E-state index in [1.165, 1.54) is 6.42 Å². The maximum atomic E-state index is 12.8. The maximum Gasteiger partial charge on any atom is 0.270 e. The van der Waals surface area contributed by atoms with Crippen molar-refractivity contribution in [3.05, 3.63) is 36.0 Å². The van der Waals surface area contributed by atoms with Crippen molar-refractivity contribution in [2.45, 2.75) is 32.2 Å². The van der Waals surface area contributed by atoms with E-state index in [9.17, 15) is 4.79 Å². The number of nitrogens with one attached hydrogen (secondary N) is 1. The van der Waals surface area contributed by atoms with E-state index in [0.29, 0.717) is 18.2 Å². The van der Waals surface area contributed by atoms with Crippen LogP contribution >= 0.6 is 0 Å². The van der Waals surface area contributed by atoms with Crippen LogP contribution in [-0.4, -0.2) is 34.9 Å². The lowest BCUT2D eigenvalue weighted by atomic mass is 9.88. The number of H-pyrrole nitrogens is 1. The quantitative estimate of drug-likeness (QED) is 0.911. The van der Waals surface area contributed by atoms with Gasteiger partial charge in [-0.25, -0.2) is 0 Å². The number of carbonyl (C=O) groups is 1. The van der Waals surface area contributed by atoms with Gasteiger partial charge in [0, 0.05) is 30.0 Å². The van der Waals surface area contributed by atoms with Crippen molar-refractivity contribution < 1.29 is 4.79 Å². The molecule has 1 fully saturated rings. The average molecular weight is 285 g/mol. The van der Waals surface area contributed by atoms with Crippen molar-refractivity contribution in [1.82, 2.24) is 9.88 Å². The molecule has 2 unspecified atom stereocenters. The van der Waals surface area contributed by atoms with E-state index in [2.05, 4.69) is 11.9 Å². The number of aromatic amines is 1. The smallest absolute Gasteiger partial charge is 0.270 e. The summed E-state index contributed by atoms with van der Waals surface area (Å²) in [6.45, 7) is 3.57. The lowest BCUT2D eigenvalue weighted by molar-refractivity contribution is 0.0553. The van der Waals surface area contributed by atoms with Gasteiger partial charge >= 0.3 is 0 Å². The van der Waals surface area contributed by atoms with Crippen molar-refractivity contribution in [3.63, 3.8) is 0 Å². The molecule has 2 atom stereocenters. The Morgan fingerprint density at radius 2 is 2.24 bits per heavy atom. The average Bonchev–Trinajstić information content (AvgIpc) is 2.97. The molecule has 0 aliphatic carbocycles. The molecule has 0 radical (unpaired) electrons. The molecule has 0 bridgehead atoms. The Hall–Kier alpha value is -1.81. The van der Waals surface area contributed by atoms with Crippen molar-refractivity contribution in [2.24, 2.45) is 11.7 Å². The van der Waals surface area contributed by atoms with Crippen LogP contribution in [-0.2, 0) is 0 Å². The molecule has 21 heavy (non-hydrogen) atoms. The maximum absolute atomic E-state index is 12.8. The zero-order chi connectivity index (χ0) is 14.8. The molecule has 1 aromatic heterocycles. The molecule has 1 saturated heterocycles. The summed E-state index contributed by atoms with van der Waals surface area (Å²) in [5.74, 6) is 0.779. The van der Waals surface area contributed by atoms with Gasteiger partial charge in [0.25, 0.3) is 5.91 Å². The summed E-state index contributed by atoms with van der Waals surface area (Å²) in [5, 5.41) is 1.08. The standard InChI is InChI=1S/C17H23N3O/c1-2-12-7-8-20(14(9-12)11-18)17(21)16-10-13-5-3-4-6-15(13)19-16/h3-6,10,12,14,19H,2,7-9,11,18H2,1H3. The number of nitrogens with two attached hydrogens (primary N) is 1. The highest BCUT2D eigenvalue weighted by Crippen LogP contribution is 2.26. The number of carbonyl (C=O) groups excluding carboxylic acids is 1. The molecule has 4 nitrogen and oxygen atoms in total. The summed E-state index contributed by atoms with van der Waals surface area (Å²) in [6.07, 6.45) is 3.28. The van der Waals surface area contributed by atoms with Crippen LogP contribution in [0.1, 0.15) is 36.7 Å². The number of fused-ring (bicyclic) bond motifs is 1. The minimum absolute atomic E-state index is 0.0798. The van der Waals surface area contributed by atoms with E-state index in [0.717, 1.165) is 30.3 Å². The summed E-state index contributed by atoms with van der Waals surface area (Å²) in [4.78, 5) is 18.0. The second-order valence-corrected chi connectivity index (χ2v) is 5.96. The molecule has 2 heterocycles. The number of rotatable bonds is 3. The van der Waals surface area contributed by atoms with E-state index in [1.54, 1.807) is 0 Å². The zero-order valence-corrected chi connectivity index (χ0v) is 12.5. The van der Waals surface area contributed by atoms with Gasteiger partial charge in [-0.1, -0.05) is 31.5 Å². The highest BCUT2D eigenvalue weighted by atomic mass is 16.2. The molecule has 3 N–H and O–H groups in total. The van der Waals surface area contributed by atoms with E-state index < -0.39 is 0 Å². The summed E-state index contributed by atoms with van der Waals surface area (Å²) in [6, 6.07) is 10.1. The first-order valence-electron chi connectivity index (χ1n) is 7.81. The van der Waals surface area contributed by atoms with Crippen LogP contribution in [0.2, 0.25) is 0 Å². The van der Waals surface area contributed by atoms with Crippen LogP contribution in [0.25, 0.3) is 10.9 Å². The van der Waals surface area contributed by atoms with E-state index in [1.807, 2.05) is 35.2 Å². The van der Waals surface area contributed by atoms with Gasteiger partial charge in [-0.15, -0.1) is 0 Å². The second-order valence-electron chi connectivity index (χ2n) is 5.96. The van der Waals surface area contributed by atoms with Crippen LogP contribution < -0.4 is 5.73 Å². The fourth-order valence-electron chi connectivity index (χ4n) is 3.34. The lowest BCUT2D eigenvalue weighted by Gasteiger charge is -2.38. The Labute approximate surface area is 125 Å². The predicted octanol–water partition coefficient (Wildman–Crippen LogP) is 2.76. The monoisotopic (exact) mass is 285 g/mol. The van der Waals surface area contributed by atoms with Gasteiger partial charge in [0.2, 0.25) is 0 Å². The molecule has 0 saturated carbocycles. The third kappa shape index (κ3) is 2.68. The van der Waals surface area contributed by atoms with Crippen LogP contribution in [0.3, 0.4) is 0 Å². The number of para-hydroxylation sites is 1. The van der Waals surface area contributed by atoms with Gasteiger partial charge in [-0.3, -0.25) is 4.79 Å². The number of aromatic nitrogens is 1. The Bertz CT molecular complexity index is 601. The van der Waals surface area contributed by atoms with Crippen molar-refractivity contribution >= 4 is 16.8 Å². The van der Waals surface area contributed by atoms with Gasteiger partial charge in [0.15, 0.2) is 0 Å². The normalized spacial score (nSPS) is 22.7. The van der Waals surface area contributed by atoms with E-state index in [4.69, 9.17) is 5.73 Å². The molecule has 1 amide bonds. The van der Waals surface area contributed by atoms with Crippen LogP contribution in [0.5, 0.6) is 0 Å². The number of piperidine rings is 1. The molecular weight excluding hydrogens is 262 g/mol. The summed E-state index contributed by atoms with van der Waals surface area (Å²) < 4.78 is 0. The molecule has 4 heteroatoms. The van der Waals surface area contributed by atoms with Crippen molar-refractivity contribution in [3.8, 4) is 0 Å². The number of benzene rings is 1. The Kier molecular flexibility index (Phi) is 3.97. The van der Waals surface area contributed by atoms with Crippen molar-refractivity contribution in [1.29, 1.82) is 0 Å². The predicted molar refractivity (Wildman–Crippen MR) is 85.2 cm³/mol. The summed E-state index contributed by atoms with van der Waals surface area (Å²) in [7, 11) is 0. The first-order valence-corrected chi connectivity index (χ1v) is 7.81. The zero-order valence-electron chi connectivity index (χ0n) is 12.5. The van der Waals surface area contributed by atoms with Crippen molar-refractivity contribution in [2.75, 3.05) is 13.1 Å². The molecule has 112 valence electrons. The highest BCUT2D eigenvalue weighted by molar-refractivity contribution is 5.98. The molecule has 0 spiro atoms. The molecule has 1 aliphatic heterocycles. The number of amides is 1.